The highest BCUT2D eigenvalue weighted by Gasteiger charge is 2.49. The Morgan fingerprint density at radius 1 is 1.43 bits per heavy atom. The van der Waals surface area contributed by atoms with E-state index in [4.69, 9.17) is 9.47 Å². The van der Waals surface area contributed by atoms with Crippen LogP contribution in [-0.4, -0.2) is 48.0 Å². The molecule has 3 heterocycles. The third-order valence-corrected chi connectivity index (χ3v) is 6.85. The van der Waals surface area contributed by atoms with Crippen molar-refractivity contribution in [2.75, 3.05) is 33.4 Å². The average molecular weight is 356 g/mol. The molecule has 2 aliphatic heterocycles. The Bertz CT molecular complexity index is 523. The summed E-state index contributed by atoms with van der Waals surface area (Å²) >= 11 is 3.99. The quantitative estimate of drug-likeness (QED) is 0.822. The maximum atomic E-state index is 5.91. The van der Waals surface area contributed by atoms with Crippen molar-refractivity contribution >= 4 is 15.9 Å². The second kappa shape index (κ2) is 5.33. The van der Waals surface area contributed by atoms with Gasteiger partial charge < -0.3 is 14.8 Å². The largest absolute Gasteiger partial charge is 0.377 e. The number of aromatic nitrogens is 2. The van der Waals surface area contributed by atoms with Gasteiger partial charge in [-0.15, -0.1) is 0 Å². The molecule has 2 atom stereocenters. The fraction of sp³-hybridized carbons (Fsp3) is 0.800. The van der Waals surface area contributed by atoms with Gasteiger partial charge in [-0.05, 0) is 43.3 Å². The van der Waals surface area contributed by atoms with Gasteiger partial charge in [0.25, 0.3) is 0 Å². The van der Waals surface area contributed by atoms with Crippen molar-refractivity contribution in [3.8, 4) is 0 Å². The third-order valence-electron chi connectivity index (χ3n) is 5.40. The van der Waals surface area contributed by atoms with E-state index in [1.165, 1.54) is 24.1 Å². The maximum Gasteiger partial charge on any atom is 0.112 e. The number of alkyl halides is 1. The minimum Gasteiger partial charge on any atom is -0.377 e. The van der Waals surface area contributed by atoms with Gasteiger partial charge in [-0.25, -0.2) is 0 Å². The van der Waals surface area contributed by atoms with Crippen molar-refractivity contribution < 1.29 is 9.47 Å². The molecule has 0 radical (unpaired) electrons. The SMILES string of the molecule is COC1c2c(cnn2C2COC2)CC2(CCNCC2)C1Br. The topological polar surface area (TPSA) is 48.3 Å². The van der Waals surface area contributed by atoms with E-state index in [0.29, 0.717) is 16.3 Å². The summed E-state index contributed by atoms with van der Waals surface area (Å²) in [7, 11) is 1.82. The minimum atomic E-state index is 0.0787. The van der Waals surface area contributed by atoms with Gasteiger partial charge in [-0.3, -0.25) is 4.68 Å². The predicted molar refractivity (Wildman–Crippen MR) is 82.8 cm³/mol. The lowest BCUT2D eigenvalue weighted by atomic mass is 9.66. The zero-order valence-electron chi connectivity index (χ0n) is 12.3. The van der Waals surface area contributed by atoms with Gasteiger partial charge in [-0.2, -0.15) is 5.10 Å². The number of hydrogen-bond acceptors (Lipinski definition) is 4. The fourth-order valence-electron chi connectivity index (χ4n) is 4.06. The molecule has 4 rings (SSSR count). The Kier molecular flexibility index (Phi) is 3.60. The highest BCUT2D eigenvalue weighted by atomic mass is 79.9. The van der Waals surface area contributed by atoms with Gasteiger partial charge in [0.1, 0.15) is 6.10 Å². The number of fused-ring (bicyclic) bond motifs is 1. The summed E-state index contributed by atoms with van der Waals surface area (Å²) in [5.41, 5.74) is 2.92. The summed E-state index contributed by atoms with van der Waals surface area (Å²) in [5.74, 6) is 0. The number of nitrogens with zero attached hydrogens (tertiary/aromatic N) is 2. The number of nitrogens with one attached hydrogen (secondary N) is 1. The summed E-state index contributed by atoms with van der Waals surface area (Å²) < 4.78 is 13.4. The predicted octanol–water partition coefficient (Wildman–Crippen LogP) is 1.83. The average Bonchev–Trinajstić information content (AvgIpc) is 2.83. The first-order chi connectivity index (χ1) is 10.2. The first-order valence-corrected chi connectivity index (χ1v) is 8.68. The van der Waals surface area contributed by atoms with E-state index in [2.05, 4.69) is 37.2 Å². The molecule has 2 unspecified atom stereocenters. The van der Waals surface area contributed by atoms with Crippen LogP contribution in [0.4, 0.5) is 0 Å². The molecule has 1 N–H and O–H groups in total. The van der Waals surface area contributed by atoms with E-state index in [0.717, 1.165) is 32.7 Å². The van der Waals surface area contributed by atoms with Crippen LogP contribution >= 0.6 is 15.9 Å². The van der Waals surface area contributed by atoms with Crippen LogP contribution in [0.25, 0.3) is 0 Å². The molecule has 2 fully saturated rings. The number of piperidine rings is 1. The molecule has 0 bridgehead atoms. The lowest BCUT2D eigenvalue weighted by Crippen LogP contribution is -2.49. The van der Waals surface area contributed by atoms with Gasteiger partial charge in [0.2, 0.25) is 0 Å². The van der Waals surface area contributed by atoms with Gasteiger partial charge in [0.15, 0.2) is 0 Å². The number of halogens is 1. The van der Waals surface area contributed by atoms with Crippen LogP contribution in [0.15, 0.2) is 6.20 Å². The van der Waals surface area contributed by atoms with Crippen molar-refractivity contribution in [1.29, 1.82) is 0 Å². The molecule has 0 amide bonds. The molecule has 116 valence electrons. The molecule has 2 saturated heterocycles. The first kappa shape index (κ1) is 14.2. The van der Waals surface area contributed by atoms with Crippen LogP contribution in [0, 0.1) is 5.41 Å². The zero-order chi connectivity index (χ0) is 14.4. The normalized spacial score (nSPS) is 31.9. The Balaban J connectivity index is 1.73. The Morgan fingerprint density at radius 3 is 2.81 bits per heavy atom. The molecular formula is C15H22BrN3O2. The molecule has 1 spiro atoms. The molecule has 3 aliphatic rings. The Hall–Kier alpha value is -0.430. The number of ether oxygens (including phenoxy) is 2. The van der Waals surface area contributed by atoms with Crippen molar-refractivity contribution in [3.05, 3.63) is 17.5 Å². The zero-order valence-corrected chi connectivity index (χ0v) is 13.9. The molecule has 5 nitrogen and oxygen atoms in total. The van der Waals surface area contributed by atoms with E-state index < -0.39 is 0 Å². The monoisotopic (exact) mass is 355 g/mol. The summed E-state index contributed by atoms with van der Waals surface area (Å²) in [4.78, 5) is 0.348. The smallest absolute Gasteiger partial charge is 0.112 e. The molecule has 0 saturated carbocycles. The van der Waals surface area contributed by atoms with Crippen LogP contribution < -0.4 is 5.32 Å². The second-order valence-corrected chi connectivity index (χ2v) is 7.52. The number of methoxy groups -OCH3 is 1. The van der Waals surface area contributed by atoms with Crippen LogP contribution in [-0.2, 0) is 15.9 Å². The Morgan fingerprint density at radius 2 is 2.19 bits per heavy atom. The van der Waals surface area contributed by atoms with E-state index in [1.807, 2.05) is 7.11 Å². The van der Waals surface area contributed by atoms with E-state index >= 15 is 0 Å². The second-order valence-electron chi connectivity index (χ2n) is 6.54. The summed E-state index contributed by atoms with van der Waals surface area (Å²) in [5, 5.41) is 8.13. The molecule has 1 aliphatic carbocycles. The molecule has 1 aromatic rings. The molecule has 6 heteroatoms. The number of rotatable bonds is 2. The van der Waals surface area contributed by atoms with E-state index in [-0.39, 0.29) is 6.10 Å². The maximum absolute atomic E-state index is 5.91. The lowest BCUT2D eigenvalue weighted by molar-refractivity contribution is -0.0373. The Labute approximate surface area is 133 Å². The molecule has 21 heavy (non-hydrogen) atoms. The first-order valence-electron chi connectivity index (χ1n) is 7.77. The van der Waals surface area contributed by atoms with E-state index in [1.54, 1.807) is 0 Å². The van der Waals surface area contributed by atoms with Crippen LogP contribution in [0.1, 0.15) is 36.2 Å². The minimum absolute atomic E-state index is 0.0787. The fourth-order valence-corrected chi connectivity index (χ4v) is 5.14. The molecule has 1 aromatic heterocycles. The van der Waals surface area contributed by atoms with Crippen LogP contribution in [0.3, 0.4) is 0 Å². The van der Waals surface area contributed by atoms with Gasteiger partial charge in [-0.1, -0.05) is 15.9 Å². The summed E-state index contributed by atoms with van der Waals surface area (Å²) in [6, 6.07) is 0.383. The number of hydrogen-bond donors (Lipinski definition) is 1. The van der Waals surface area contributed by atoms with Crippen molar-refractivity contribution in [2.45, 2.75) is 36.2 Å². The third kappa shape index (κ3) is 2.11. The van der Waals surface area contributed by atoms with Gasteiger partial charge >= 0.3 is 0 Å². The summed E-state index contributed by atoms with van der Waals surface area (Å²) in [6.45, 7) is 3.73. The lowest BCUT2D eigenvalue weighted by Gasteiger charge is -2.47. The van der Waals surface area contributed by atoms with Crippen molar-refractivity contribution in [1.82, 2.24) is 15.1 Å². The van der Waals surface area contributed by atoms with Crippen molar-refractivity contribution in [2.24, 2.45) is 5.41 Å². The van der Waals surface area contributed by atoms with Crippen LogP contribution in [0.5, 0.6) is 0 Å². The standard InChI is InChI=1S/C15H22BrN3O2/c1-20-13-12-10(7-18-19(12)11-8-21-9-11)6-15(14(13)16)2-4-17-5-3-15/h7,11,13-14,17H,2-6,8-9H2,1H3. The highest BCUT2D eigenvalue weighted by molar-refractivity contribution is 9.09. The van der Waals surface area contributed by atoms with Gasteiger partial charge in [0, 0.05) is 7.11 Å². The van der Waals surface area contributed by atoms with E-state index in [9.17, 15) is 0 Å². The highest BCUT2D eigenvalue weighted by Crippen LogP contribution is 2.51. The van der Waals surface area contributed by atoms with Gasteiger partial charge in [0.05, 0.1) is 36.0 Å². The van der Waals surface area contributed by atoms with Crippen molar-refractivity contribution in [3.63, 3.8) is 0 Å². The molecule has 0 aromatic carbocycles. The molecular weight excluding hydrogens is 334 g/mol. The van der Waals surface area contributed by atoms with Crippen LogP contribution in [0.2, 0.25) is 0 Å². The summed E-state index contributed by atoms with van der Waals surface area (Å²) in [6.07, 6.45) is 5.63.